The average Bonchev–Trinajstić information content (AvgIpc) is 2.32. The number of nitrogens with one attached hydrogen (secondary N) is 1. The van der Waals surface area contributed by atoms with Crippen molar-refractivity contribution in [2.45, 2.75) is 27.7 Å². The summed E-state index contributed by atoms with van der Waals surface area (Å²) in [4.78, 5) is 6.77. The molecule has 3 N–H and O–H groups in total. The quantitative estimate of drug-likeness (QED) is 0.591. The molecule has 0 aliphatic heterocycles. The van der Waals surface area contributed by atoms with Crippen LogP contribution in [0.3, 0.4) is 0 Å². The molecule has 0 aromatic carbocycles. The zero-order chi connectivity index (χ0) is 15.3. The van der Waals surface area contributed by atoms with Crippen molar-refractivity contribution in [2.24, 2.45) is 11.7 Å². The summed E-state index contributed by atoms with van der Waals surface area (Å²) >= 11 is 0. The summed E-state index contributed by atoms with van der Waals surface area (Å²) in [5, 5.41) is 7.82. The summed E-state index contributed by atoms with van der Waals surface area (Å²) in [5.74, 6) is 1.35. The van der Waals surface area contributed by atoms with Crippen LogP contribution in [0.15, 0.2) is 6.07 Å². The van der Waals surface area contributed by atoms with E-state index in [1.807, 2.05) is 19.9 Å². The third-order valence-corrected chi connectivity index (χ3v) is 3.05. The molecule has 0 radical (unpaired) electrons. The van der Waals surface area contributed by atoms with E-state index in [1.165, 1.54) is 0 Å². The molecule has 1 rings (SSSR count). The molecule has 112 valence electrons. The normalized spacial score (nSPS) is 10.9. The van der Waals surface area contributed by atoms with Crippen molar-refractivity contribution in [1.82, 2.24) is 4.98 Å². The van der Waals surface area contributed by atoms with Crippen LogP contribution in [0.1, 0.15) is 30.7 Å². The number of methoxy groups -OCH3 is 1. The van der Waals surface area contributed by atoms with Crippen LogP contribution in [0.25, 0.3) is 0 Å². The van der Waals surface area contributed by atoms with Crippen molar-refractivity contribution in [3.05, 3.63) is 22.9 Å². The number of nitrogen functional groups attached to an aromatic ring is 1. The number of aryl methyl sites for hydroxylation is 2. The van der Waals surface area contributed by atoms with E-state index >= 15 is 0 Å². The number of anilines is 1. The maximum atomic E-state index is 7.82. The first-order valence-corrected chi connectivity index (χ1v) is 6.93. The maximum Gasteiger partial charge on any atom is 0.140 e. The summed E-state index contributed by atoms with van der Waals surface area (Å²) in [6, 6.07) is 1.96. The van der Waals surface area contributed by atoms with Gasteiger partial charge in [-0.2, -0.15) is 0 Å². The van der Waals surface area contributed by atoms with Crippen LogP contribution in [0.4, 0.5) is 5.82 Å². The molecule has 0 bridgehead atoms. The van der Waals surface area contributed by atoms with Crippen molar-refractivity contribution in [1.29, 1.82) is 5.41 Å². The summed E-state index contributed by atoms with van der Waals surface area (Å²) < 4.78 is 5.18. The number of rotatable bonds is 7. The van der Waals surface area contributed by atoms with Gasteiger partial charge in [0, 0.05) is 25.9 Å². The van der Waals surface area contributed by atoms with Gasteiger partial charge in [-0.15, -0.1) is 0 Å². The van der Waals surface area contributed by atoms with Crippen molar-refractivity contribution in [3.63, 3.8) is 0 Å². The number of ether oxygens (including phenoxy) is 1. The highest BCUT2D eigenvalue weighted by atomic mass is 16.5. The molecule has 0 spiro atoms. The van der Waals surface area contributed by atoms with Crippen molar-refractivity contribution < 1.29 is 4.74 Å². The molecule has 0 amide bonds. The Morgan fingerprint density at radius 2 is 2.10 bits per heavy atom. The van der Waals surface area contributed by atoms with Crippen LogP contribution in [0.5, 0.6) is 0 Å². The van der Waals surface area contributed by atoms with E-state index in [-0.39, 0.29) is 5.84 Å². The molecule has 1 aromatic rings. The molecule has 5 nitrogen and oxygen atoms in total. The number of pyridine rings is 1. The van der Waals surface area contributed by atoms with Crippen molar-refractivity contribution >= 4 is 11.7 Å². The highest BCUT2D eigenvalue weighted by molar-refractivity contribution is 6.01. The first-order chi connectivity index (χ1) is 9.36. The lowest BCUT2D eigenvalue weighted by Gasteiger charge is -2.28. The zero-order valence-corrected chi connectivity index (χ0v) is 13.2. The third kappa shape index (κ3) is 4.20. The minimum absolute atomic E-state index is 0.0659. The summed E-state index contributed by atoms with van der Waals surface area (Å²) in [6.45, 7) is 10.5. The molecule has 5 heteroatoms. The molecular weight excluding hydrogens is 252 g/mol. The molecule has 0 unspecified atom stereocenters. The van der Waals surface area contributed by atoms with Gasteiger partial charge in [0.2, 0.25) is 0 Å². The minimum atomic E-state index is 0.0659. The standard InChI is InChI=1S/C15H26N4O/c1-10(2)9-19(6-7-20-5)15-13(14(16)17)11(3)8-12(4)18-15/h8,10H,6-7,9H2,1-5H3,(H3,16,17). The van der Waals surface area contributed by atoms with E-state index in [2.05, 4.69) is 23.7 Å². The van der Waals surface area contributed by atoms with E-state index in [9.17, 15) is 0 Å². The van der Waals surface area contributed by atoms with Crippen LogP contribution in [0, 0.1) is 25.2 Å². The topological polar surface area (TPSA) is 75.2 Å². The van der Waals surface area contributed by atoms with Gasteiger partial charge in [-0.25, -0.2) is 4.98 Å². The number of nitrogens with two attached hydrogens (primary N) is 1. The molecule has 0 saturated carbocycles. The fourth-order valence-corrected chi connectivity index (χ4v) is 2.30. The first kappa shape index (κ1) is 16.4. The Kier molecular flexibility index (Phi) is 5.95. The lowest BCUT2D eigenvalue weighted by atomic mass is 10.1. The lowest BCUT2D eigenvalue weighted by molar-refractivity contribution is 0.204. The Bertz CT molecular complexity index is 471. The van der Waals surface area contributed by atoms with Gasteiger partial charge in [-0.05, 0) is 31.4 Å². The summed E-state index contributed by atoms with van der Waals surface area (Å²) in [5.41, 5.74) is 8.41. The molecule has 0 aliphatic rings. The van der Waals surface area contributed by atoms with Crippen LogP contribution < -0.4 is 10.6 Å². The van der Waals surface area contributed by atoms with Crippen LogP contribution in [0.2, 0.25) is 0 Å². The largest absolute Gasteiger partial charge is 0.384 e. The lowest BCUT2D eigenvalue weighted by Crippen LogP contribution is -2.34. The molecular formula is C15H26N4O. The van der Waals surface area contributed by atoms with Gasteiger partial charge >= 0.3 is 0 Å². The van der Waals surface area contributed by atoms with Gasteiger partial charge < -0.3 is 15.4 Å². The predicted molar refractivity (Wildman–Crippen MR) is 83.7 cm³/mol. The number of amidine groups is 1. The molecule has 0 fully saturated rings. The second-order valence-electron chi connectivity index (χ2n) is 5.53. The molecule has 1 heterocycles. The van der Waals surface area contributed by atoms with Crippen LogP contribution >= 0.6 is 0 Å². The monoisotopic (exact) mass is 278 g/mol. The van der Waals surface area contributed by atoms with Crippen molar-refractivity contribution in [3.8, 4) is 0 Å². The SMILES string of the molecule is COCCN(CC(C)C)c1nc(C)cc(C)c1C(=N)N. The van der Waals surface area contributed by atoms with E-state index < -0.39 is 0 Å². The van der Waals surface area contributed by atoms with Gasteiger partial charge in [0.25, 0.3) is 0 Å². The minimum Gasteiger partial charge on any atom is -0.384 e. The molecule has 20 heavy (non-hydrogen) atoms. The van der Waals surface area contributed by atoms with Crippen molar-refractivity contribution in [2.75, 3.05) is 31.7 Å². The maximum absolute atomic E-state index is 7.82. The van der Waals surface area contributed by atoms with E-state index in [4.69, 9.17) is 15.9 Å². The van der Waals surface area contributed by atoms with Gasteiger partial charge in [0.1, 0.15) is 11.7 Å². The number of hydrogen-bond donors (Lipinski definition) is 2. The Balaban J connectivity index is 3.25. The highest BCUT2D eigenvalue weighted by Crippen LogP contribution is 2.23. The molecule has 1 aromatic heterocycles. The van der Waals surface area contributed by atoms with Crippen LogP contribution in [-0.4, -0.2) is 37.6 Å². The van der Waals surface area contributed by atoms with Crippen LogP contribution in [-0.2, 0) is 4.74 Å². The fraction of sp³-hybridized carbons (Fsp3) is 0.600. The van der Waals surface area contributed by atoms with E-state index in [0.29, 0.717) is 12.5 Å². The average molecular weight is 278 g/mol. The Labute approximate surface area is 121 Å². The first-order valence-electron chi connectivity index (χ1n) is 6.93. The number of nitrogens with zero attached hydrogens (tertiary/aromatic N) is 2. The third-order valence-electron chi connectivity index (χ3n) is 3.05. The van der Waals surface area contributed by atoms with E-state index in [0.717, 1.165) is 35.7 Å². The molecule has 0 aliphatic carbocycles. The summed E-state index contributed by atoms with van der Waals surface area (Å²) in [6.07, 6.45) is 0. The highest BCUT2D eigenvalue weighted by Gasteiger charge is 2.18. The second kappa shape index (κ2) is 7.24. The fourth-order valence-electron chi connectivity index (χ4n) is 2.30. The number of hydrogen-bond acceptors (Lipinski definition) is 4. The zero-order valence-electron chi connectivity index (χ0n) is 13.2. The smallest absolute Gasteiger partial charge is 0.140 e. The summed E-state index contributed by atoms with van der Waals surface area (Å²) in [7, 11) is 1.69. The Morgan fingerprint density at radius 1 is 1.45 bits per heavy atom. The Hall–Kier alpha value is -1.62. The van der Waals surface area contributed by atoms with Gasteiger partial charge in [0.05, 0.1) is 12.2 Å². The van der Waals surface area contributed by atoms with E-state index in [1.54, 1.807) is 7.11 Å². The Morgan fingerprint density at radius 3 is 2.60 bits per heavy atom. The number of aromatic nitrogens is 1. The van der Waals surface area contributed by atoms with Gasteiger partial charge in [0.15, 0.2) is 0 Å². The van der Waals surface area contributed by atoms with Gasteiger partial charge in [-0.1, -0.05) is 13.8 Å². The predicted octanol–water partition coefficient (Wildman–Crippen LogP) is 2.09. The molecule has 0 atom stereocenters. The molecule has 0 saturated heterocycles. The van der Waals surface area contributed by atoms with Gasteiger partial charge in [-0.3, -0.25) is 5.41 Å². The second-order valence-corrected chi connectivity index (χ2v) is 5.53.